The summed E-state index contributed by atoms with van der Waals surface area (Å²) in [5.74, 6) is 2.08. The number of benzene rings is 2. The van der Waals surface area contributed by atoms with Crippen LogP contribution < -0.4 is 14.4 Å². The third-order valence-electron chi connectivity index (χ3n) is 6.76. The molecule has 0 aromatic heterocycles. The Morgan fingerprint density at radius 1 is 1.15 bits per heavy atom. The van der Waals surface area contributed by atoms with Crippen LogP contribution >= 0.6 is 0 Å². The summed E-state index contributed by atoms with van der Waals surface area (Å²) >= 11 is 0. The van der Waals surface area contributed by atoms with Crippen LogP contribution in [0.5, 0.6) is 11.5 Å². The van der Waals surface area contributed by atoms with E-state index in [4.69, 9.17) is 9.47 Å². The Kier molecular flexibility index (Phi) is 4.05. The topological polar surface area (TPSA) is 24.9 Å². The zero-order valence-corrected chi connectivity index (χ0v) is 16.3. The summed E-state index contributed by atoms with van der Waals surface area (Å²) < 4.78 is 11.5. The van der Waals surface area contributed by atoms with E-state index < -0.39 is 0 Å². The highest BCUT2D eigenvalue weighted by Gasteiger charge is 2.52. The van der Waals surface area contributed by atoms with E-state index in [1.165, 1.54) is 23.2 Å². The molecule has 1 fully saturated rings. The van der Waals surface area contributed by atoms with E-state index in [-0.39, 0.29) is 5.41 Å². The van der Waals surface area contributed by atoms with E-state index in [0.29, 0.717) is 6.04 Å². The van der Waals surface area contributed by atoms with Gasteiger partial charge in [-0.1, -0.05) is 37.3 Å². The zero-order chi connectivity index (χ0) is 18.4. The first-order valence-corrected chi connectivity index (χ1v) is 10.1. The highest BCUT2D eigenvalue weighted by Crippen LogP contribution is 2.53. The summed E-state index contributed by atoms with van der Waals surface area (Å²) in [6.45, 7) is 7.64. The summed E-state index contributed by atoms with van der Waals surface area (Å²) in [4.78, 5) is 5.27. The molecule has 0 saturated carbocycles. The molecule has 27 heavy (non-hydrogen) atoms. The summed E-state index contributed by atoms with van der Waals surface area (Å²) in [5, 5.41) is 0. The third-order valence-corrected chi connectivity index (χ3v) is 6.76. The second kappa shape index (κ2) is 6.45. The number of fused-ring (bicyclic) bond motifs is 3. The maximum atomic E-state index is 5.95. The van der Waals surface area contributed by atoms with Crippen molar-refractivity contribution < 1.29 is 9.47 Å². The van der Waals surface area contributed by atoms with Crippen molar-refractivity contribution in [3.05, 3.63) is 53.6 Å². The maximum absolute atomic E-state index is 5.95. The largest absolute Gasteiger partial charge is 0.496 e. The number of anilines is 1. The SMILES string of the molecule is COc1ccccc1CCN1CC[C@@H]2N3CCOc4cccc(c43)[C@]2(C)C1. The van der Waals surface area contributed by atoms with Crippen molar-refractivity contribution in [1.82, 2.24) is 4.90 Å². The normalized spacial score (nSPS) is 26.3. The van der Waals surface area contributed by atoms with Crippen LogP contribution in [0.1, 0.15) is 24.5 Å². The van der Waals surface area contributed by atoms with Crippen LogP contribution in [0, 0.1) is 0 Å². The molecule has 3 heterocycles. The second-order valence-electron chi connectivity index (χ2n) is 8.25. The molecule has 3 aliphatic rings. The van der Waals surface area contributed by atoms with Gasteiger partial charge in [0.15, 0.2) is 0 Å². The van der Waals surface area contributed by atoms with Crippen molar-refractivity contribution >= 4 is 5.69 Å². The Morgan fingerprint density at radius 3 is 2.93 bits per heavy atom. The molecule has 0 unspecified atom stereocenters. The van der Waals surface area contributed by atoms with Gasteiger partial charge in [0.1, 0.15) is 18.1 Å². The number of nitrogens with zero attached hydrogens (tertiary/aromatic N) is 2. The molecular formula is C23H28N2O2. The van der Waals surface area contributed by atoms with Gasteiger partial charge < -0.3 is 19.3 Å². The monoisotopic (exact) mass is 364 g/mol. The van der Waals surface area contributed by atoms with Gasteiger partial charge in [0.25, 0.3) is 0 Å². The van der Waals surface area contributed by atoms with Crippen LogP contribution in [0.3, 0.4) is 0 Å². The van der Waals surface area contributed by atoms with E-state index in [2.05, 4.69) is 53.1 Å². The zero-order valence-electron chi connectivity index (χ0n) is 16.3. The molecule has 2 aromatic rings. The second-order valence-corrected chi connectivity index (χ2v) is 8.25. The van der Waals surface area contributed by atoms with Gasteiger partial charge in [-0.2, -0.15) is 0 Å². The summed E-state index contributed by atoms with van der Waals surface area (Å²) in [5.41, 5.74) is 4.32. The van der Waals surface area contributed by atoms with E-state index in [1.54, 1.807) is 7.11 Å². The van der Waals surface area contributed by atoms with E-state index in [9.17, 15) is 0 Å². The molecule has 3 aliphatic heterocycles. The molecule has 0 N–H and O–H groups in total. The fourth-order valence-electron chi connectivity index (χ4n) is 5.49. The lowest BCUT2D eigenvalue weighted by atomic mass is 9.74. The van der Waals surface area contributed by atoms with Gasteiger partial charge in [0, 0.05) is 31.1 Å². The van der Waals surface area contributed by atoms with Crippen molar-refractivity contribution in [2.24, 2.45) is 0 Å². The quantitative estimate of drug-likeness (QED) is 0.829. The number of piperidine rings is 1. The molecular weight excluding hydrogens is 336 g/mol. The summed E-state index contributed by atoms with van der Waals surface area (Å²) in [6.07, 6.45) is 2.25. The number of hydrogen-bond donors (Lipinski definition) is 0. The molecule has 1 saturated heterocycles. The number of rotatable bonds is 4. The minimum Gasteiger partial charge on any atom is -0.496 e. The first kappa shape index (κ1) is 16.9. The fourth-order valence-corrected chi connectivity index (χ4v) is 5.49. The van der Waals surface area contributed by atoms with Crippen molar-refractivity contribution in [1.29, 1.82) is 0 Å². The standard InChI is InChI=1S/C23H28N2O2/c1-23-16-24(12-10-17-6-3-4-8-19(17)26-2)13-11-21(23)25-14-15-27-20-9-5-7-18(23)22(20)25/h3-9,21H,10-16H2,1-2H3/t21-,23-/m0/s1. The molecule has 0 aliphatic carbocycles. The van der Waals surface area contributed by atoms with Gasteiger partial charge in [-0.15, -0.1) is 0 Å². The minimum absolute atomic E-state index is 0.179. The first-order valence-electron chi connectivity index (χ1n) is 10.1. The summed E-state index contributed by atoms with van der Waals surface area (Å²) in [6, 6.07) is 15.6. The van der Waals surface area contributed by atoms with Crippen molar-refractivity contribution in [2.45, 2.75) is 31.2 Å². The number of para-hydroxylation sites is 2. The average molecular weight is 364 g/mol. The van der Waals surface area contributed by atoms with Crippen molar-refractivity contribution in [3.63, 3.8) is 0 Å². The van der Waals surface area contributed by atoms with Gasteiger partial charge >= 0.3 is 0 Å². The van der Waals surface area contributed by atoms with Gasteiger partial charge in [0.05, 0.1) is 19.3 Å². The first-order chi connectivity index (χ1) is 13.2. The van der Waals surface area contributed by atoms with Gasteiger partial charge in [-0.25, -0.2) is 0 Å². The molecule has 2 aromatic carbocycles. The Labute approximate surface area is 161 Å². The number of likely N-dealkylation sites (tertiary alicyclic amines) is 1. The van der Waals surface area contributed by atoms with Crippen molar-refractivity contribution in [3.8, 4) is 11.5 Å². The fraction of sp³-hybridized carbons (Fsp3) is 0.478. The Balaban J connectivity index is 1.37. The van der Waals surface area contributed by atoms with Crippen LogP contribution in [-0.4, -0.2) is 50.8 Å². The molecule has 4 nitrogen and oxygen atoms in total. The molecule has 4 heteroatoms. The highest BCUT2D eigenvalue weighted by molar-refractivity contribution is 5.73. The molecule has 0 amide bonds. The lowest BCUT2D eigenvalue weighted by molar-refractivity contribution is 0.140. The molecule has 142 valence electrons. The Bertz CT molecular complexity index is 852. The summed E-state index contributed by atoms with van der Waals surface area (Å²) in [7, 11) is 1.76. The van der Waals surface area contributed by atoms with Crippen LogP contribution in [0.2, 0.25) is 0 Å². The number of methoxy groups -OCH3 is 1. The highest BCUT2D eigenvalue weighted by atomic mass is 16.5. The van der Waals surface area contributed by atoms with E-state index in [1.807, 2.05) is 6.07 Å². The number of ether oxygens (including phenoxy) is 2. The van der Waals surface area contributed by atoms with Crippen LogP contribution in [0.25, 0.3) is 0 Å². The lowest BCUT2D eigenvalue weighted by Gasteiger charge is -2.45. The van der Waals surface area contributed by atoms with Crippen LogP contribution in [0.4, 0.5) is 5.69 Å². The van der Waals surface area contributed by atoms with Gasteiger partial charge in [-0.05, 0) is 36.1 Å². The van der Waals surface area contributed by atoms with Crippen molar-refractivity contribution in [2.75, 3.05) is 44.8 Å². The lowest BCUT2D eigenvalue weighted by Crippen LogP contribution is -2.56. The van der Waals surface area contributed by atoms with Gasteiger partial charge in [0.2, 0.25) is 0 Å². The Hall–Kier alpha value is -2.20. The third kappa shape index (κ3) is 2.61. The smallest absolute Gasteiger partial charge is 0.143 e. The van der Waals surface area contributed by atoms with Crippen LogP contribution in [0.15, 0.2) is 42.5 Å². The molecule has 0 bridgehead atoms. The molecule has 0 radical (unpaired) electrons. The predicted octanol–water partition coefficient (Wildman–Crippen LogP) is 3.48. The molecule has 2 atom stereocenters. The molecule has 5 rings (SSSR count). The molecule has 0 spiro atoms. The average Bonchev–Trinajstić information content (AvgIpc) is 2.96. The van der Waals surface area contributed by atoms with E-state index >= 15 is 0 Å². The van der Waals surface area contributed by atoms with Gasteiger partial charge in [-0.3, -0.25) is 0 Å². The Morgan fingerprint density at radius 2 is 2.04 bits per heavy atom. The van der Waals surface area contributed by atoms with E-state index in [0.717, 1.165) is 50.7 Å². The predicted molar refractivity (Wildman–Crippen MR) is 108 cm³/mol. The number of hydrogen-bond acceptors (Lipinski definition) is 4. The van der Waals surface area contributed by atoms with Crippen LogP contribution in [-0.2, 0) is 11.8 Å². The minimum atomic E-state index is 0.179. The maximum Gasteiger partial charge on any atom is 0.143 e.